The van der Waals surface area contributed by atoms with E-state index in [-0.39, 0.29) is 11.9 Å². The molecule has 0 radical (unpaired) electrons. The quantitative estimate of drug-likeness (QED) is 0.693. The number of carbonyl (C=O) groups excluding carboxylic acids is 1. The smallest absolute Gasteiger partial charge is 0.310 e. The predicted molar refractivity (Wildman–Crippen MR) is 69.8 cm³/mol. The summed E-state index contributed by atoms with van der Waals surface area (Å²) in [5.41, 5.74) is 0. The van der Waals surface area contributed by atoms with Gasteiger partial charge in [0.25, 0.3) is 0 Å². The van der Waals surface area contributed by atoms with Gasteiger partial charge < -0.3 is 9.64 Å². The average molecular weight is 241 g/mol. The minimum atomic E-state index is -0.0504. The molecule has 0 aromatic carbocycles. The molecule has 1 aliphatic carbocycles. The van der Waals surface area contributed by atoms with E-state index < -0.39 is 0 Å². The van der Waals surface area contributed by atoms with E-state index in [0.29, 0.717) is 17.9 Å². The second-order valence-electron chi connectivity index (χ2n) is 5.79. The van der Waals surface area contributed by atoms with Gasteiger partial charge in [0.1, 0.15) is 0 Å². The van der Waals surface area contributed by atoms with E-state index in [2.05, 4.69) is 32.8 Å². The standard InChI is InChI=1S/C14H27NO2/c1-10(2)12(14(16)17-5)13(15(3)4)11-8-6-7-9-11/h10-13H,6-9H2,1-5H3. The lowest BCUT2D eigenvalue weighted by Crippen LogP contribution is -2.46. The number of hydrogen-bond donors (Lipinski definition) is 0. The summed E-state index contributed by atoms with van der Waals surface area (Å²) in [6.45, 7) is 4.24. The highest BCUT2D eigenvalue weighted by atomic mass is 16.5. The third-order valence-electron chi connectivity index (χ3n) is 4.04. The summed E-state index contributed by atoms with van der Waals surface area (Å²) >= 11 is 0. The molecule has 2 unspecified atom stereocenters. The van der Waals surface area contributed by atoms with Crippen molar-refractivity contribution in [2.75, 3.05) is 21.2 Å². The van der Waals surface area contributed by atoms with Crippen LogP contribution in [-0.4, -0.2) is 38.1 Å². The van der Waals surface area contributed by atoms with Gasteiger partial charge in [-0.1, -0.05) is 26.7 Å². The number of esters is 1. The zero-order chi connectivity index (χ0) is 13.0. The van der Waals surface area contributed by atoms with Gasteiger partial charge >= 0.3 is 5.97 Å². The molecular weight excluding hydrogens is 214 g/mol. The number of methoxy groups -OCH3 is 1. The molecule has 0 amide bonds. The maximum atomic E-state index is 12.0. The van der Waals surface area contributed by atoms with Gasteiger partial charge in [-0.25, -0.2) is 0 Å². The van der Waals surface area contributed by atoms with Gasteiger partial charge in [0.2, 0.25) is 0 Å². The Bertz CT molecular complexity index is 245. The van der Waals surface area contributed by atoms with Gasteiger partial charge in [-0.05, 0) is 38.8 Å². The molecule has 0 spiro atoms. The van der Waals surface area contributed by atoms with Crippen LogP contribution in [0.5, 0.6) is 0 Å². The third-order valence-corrected chi connectivity index (χ3v) is 4.04. The molecule has 100 valence electrons. The van der Waals surface area contributed by atoms with Gasteiger partial charge in [0.15, 0.2) is 0 Å². The number of nitrogens with zero attached hydrogens (tertiary/aromatic N) is 1. The number of hydrogen-bond acceptors (Lipinski definition) is 3. The monoisotopic (exact) mass is 241 g/mol. The van der Waals surface area contributed by atoms with Crippen molar-refractivity contribution in [3.63, 3.8) is 0 Å². The normalized spacial score (nSPS) is 20.9. The summed E-state index contributed by atoms with van der Waals surface area (Å²) in [5, 5.41) is 0. The van der Waals surface area contributed by atoms with Crippen LogP contribution < -0.4 is 0 Å². The Hall–Kier alpha value is -0.570. The Morgan fingerprint density at radius 2 is 1.76 bits per heavy atom. The van der Waals surface area contributed by atoms with E-state index in [1.54, 1.807) is 0 Å². The first kappa shape index (κ1) is 14.5. The summed E-state index contributed by atoms with van der Waals surface area (Å²) in [6, 6.07) is 0.324. The summed E-state index contributed by atoms with van der Waals surface area (Å²) in [4.78, 5) is 14.2. The molecule has 0 heterocycles. The fourth-order valence-electron chi connectivity index (χ4n) is 3.28. The van der Waals surface area contributed by atoms with E-state index in [4.69, 9.17) is 4.74 Å². The molecule has 0 N–H and O–H groups in total. The van der Waals surface area contributed by atoms with Crippen LogP contribution in [0.1, 0.15) is 39.5 Å². The lowest BCUT2D eigenvalue weighted by molar-refractivity contribution is -0.150. The molecule has 1 fully saturated rings. The van der Waals surface area contributed by atoms with E-state index in [9.17, 15) is 4.79 Å². The molecule has 0 aromatic rings. The fourth-order valence-corrected chi connectivity index (χ4v) is 3.28. The molecule has 1 saturated carbocycles. The van der Waals surface area contributed by atoms with Gasteiger partial charge in [-0.3, -0.25) is 4.79 Å². The highest BCUT2D eigenvalue weighted by Gasteiger charge is 2.39. The van der Waals surface area contributed by atoms with Crippen molar-refractivity contribution in [2.45, 2.75) is 45.6 Å². The van der Waals surface area contributed by atoms with Gasteiger partial charge in [0, 0.05) is 6.04 Å². The van der Waals surface area contributed by atoms with E-state index in [0.717, 1.165) is 0 Å². The van der Waals surface area contributed by atoms with Gasteiger partial charge in [-0.15, -0.1) is 0 Å². The molecule has 2 atom stereocenters. The minimum absolute atomic E-state index is 0.00176. The van der Waals surface area contributed by atoms with Crippen molar-refractivity contribution in [1.29, 1.82) is 0 Å². The summed E-state index contributed by atoms with van der Waals surface area (Å²) in [6.07, 6.45) is 5.12. The van der Waals surface area contributed by atoms with Crippen LogP contribution in [-0.2, 0) is 9.53 Å². The van der Waals surface area contributed by atoms with Crippen LogP contribution in [0.25, 0.3) is 0 Å². The van der Waals surface area contributed by atoms with Crippen molar-refractivity contribution in [3.8, 4) is 0 Å². The number of carbonyl (C=O) groups is 1. The van der Waals surface area contributed by atoms with Gasteiger partial charge in [-0.2, -0.15) is 0 Å². The molecule has 0 bridgehead atoms. The maximum Gasteiger partial charge on any atom is 0.310 e. The van der Waals surface area contributed by atoms with Crippen LogP contribution >= 0.6 is 0 Å². The van der Waals surface area contributed by atoms with E-state index in [1.807, 2.05) is 0 Å². The highest BCUT2D eigenvalue weighted by molar-refractivity contribution is 5.73. The van der Waals surface area contributed by atoms with Crippen LogP contribution in [0.2, 0.25) is 0 Å². The molecule has 3 nitrogen and oxygen atoms in total. The molecule has 0 saturated heterocycles. The first-order chi connectivity index (χ1) is 7.99. The lowest BCUT2D eigenvalue weighted by atomic mass is 9.80. The largest absolute Gasteiger partial charge is 0.469 e. The summed E-state index contributed by atoms with van der Waals surface area (Å²) < 4.78 is 5.00. The summed E-state index contributed by atoms with van der Waals surface area (Å²) in [7, 11) is 5.67. The van der Waals surface area contributed by atoms with E-state index in [1.165, 1.54) is 32.8 Å². The molecule has 1 rings (SSSR count). The van der Waals surface area contributed by atoms with Crippen molar-refractivity contribution >= 4 is 5.97 Å². The molecule has 3 heteroatoms. The maximum absolute atomic E-state index is 12.0. The Morgan fingerprint density at radius 3 is 2.12 bits per heavy atom. The Kier molecular flexibility index (Phi) is 5.44. The van der Waals surface area contributed by atoms with Crippen molar-refractivity contribution < 1.29 is 9.53 Å². The van der Waals surface area contributed by atoms with Crippen LogP contribution in [0.3, 0.4) is 0 Å². The van der Waals surface area contributed by atoms with Crippen LogP contribution in [0, 0.1) is 17.8 Å². The zero-order valence-corrected chi connectivity index (χ0v) is 11.9. The van der Waals surface area contributed by atoms with Crippen LogP contribution in [0.4, 0.5) is 0 Å². The number of ether oxygens (including phenoxy) is 1. The first-order valence-corrected chi connectivity index (χ1v) is 6.73. The summed E-state index contributed by atoms with van der Waals surface area (Å²) in [5.74, 6) is 0.927. The Morgan fingerprint density at radius 1 is 1.24 bits per heavy atom. The molecule has 1 aliphatic rings. The third kappa shape index (κ3) is 3.44. The van der Waals surface area contributed by atoms with Crippen molar-refractivity contribution in [1.82, 2.24) is 4.90 Å². The van der Waals surface area contributed by atoms with E-state index >= 15 is 0 Å². The SMILES string of the molecule is COC(=O)C(C(C)C)C(C1CCCC1)N(C)C. The Labute approximate surface area is 106 Å². The molecule has 0 aromatic heterocycles. The number of rotatable bonds is 5. The van der Waals surface area contributed by atoms with Gasteiger partial charge in [0.05, 0.1) is 13.0 Å². The topological polar surface area (TPSA) is 29.5 Å². The second-order valence-corrected chi connectivity index (χ2v) is 5.79. The second kappa shape index (κ2) is 6.39. The molecule has 0 aliphatic heterocycles. The van der Waals surface area contributed by atoms with Crippen LogP contribution in [0.15, 0.2) is 0 Å². The van der Waals surface area contributed by atoms with Crippen molar-refractivity contribution in [3.05, 3.63) is 0 Å². The fraction of sp³-hybridized carbons (Fsp3) is 0.929. The average Bonchev–Trinajstić information content (AvgIpc) is 2.76. The van der Waals surface area contributed by atoms with Crippen molar-refractivity contribution in [2.24, 2.45) is 17.8 Å². The first-order valence-electron chi connectivity index (χ1n) is 6.73. The highest BCUT2D eigenvalue weighted by Crippen LogP contribution is 2.35. The minimum Gasteiger partial charge on any atom is -0.469 e. The molecule has 17 heavy (non-hydrogen) atoms. The Balaban J connectivity index is 2.88. The predicted octanol–water partition coefficient (Wildman–Crippen LogP) is 2.55. The lowest BCUT2D eigenvalue weighted by Gasteiger charge is -2.37. The zero-order valence-electron chi connectivity index (χ0n) is 11.9. The molecular formula is C14H27NO2.